The number of amides is 1. The maximum Gasteiger partial charge on any atom is 0.270 e. The van der Waals surface area contributed by atoms with Gasteiger partial charge in [0.2, 0.25) is 0 Å². The van der Waals surface area contributed by atoms with Crippen LogP contribution in [0.25, 0.3) is 0 Å². The van der Waals surface area contributed by atoms with Crippen LogP contribution in [0.2, 0.25) is 0 Å². The van der Waals surface area contributed by atoms with Gasteiger partial charge in [-0.15, -0.1) is 0 Å². The molecule has 5 heteroatoms. The van der Waals surface area contributed by atoms with E-state index in [9.17, 15) is 4.79 Å². The summed E-state index contributed by atoms with van der Waals surface area (Å²) in [7, 11) is 0. The smallest absolute Gasteiger partial charge is 0.270 e. The Labute approximate surface area is 107 Å². The summed E-state index contributed by atoms with van der Waals surface area (Å²) in [4.78, 5) is 16.0. The Hall–Kier alpha value is -1.62. The van der Waals surface area contributed by atoms with Crippen molar-refractivity contribution in [2.24, 2.45) is 5.92 Å². The maximum absolute atomic E-state index is 12.0. The van der Waals surface area contributed by atoms with E-state index in [0.717, 1.165) is 26.1 Å². The lowest BCUT2D eigenvalue weighted by atomic mass is 9.93. The van der Waals surface area contributed by atoms with Crippen molar-refractivity contribution in [2.75, 3.05) is 18.9 Å². The van der Waals surface area contributed by atoms with Crippen molar-refractivity contribution in [3.05, 3.63) is 24.0 Å². The fourth-order valence-electron chi connectivity index (χ4n) is 2.19. The Morgan fingerprint density at radius 1 is 1.56 bits per heavy atom. The molecule has 1 unspecified atom stereocenters. The third-order valence-electron chi connectivity index (χ3n) is 3.35. The summed E-state index contributed by atoms with van der Waals surface area (Å²) in [6.45, 7) is 3.59. The molecule has 0 aromatic carbocycles. The standard InChI is InChI=1S/C13H19N3O2/c1-9(10-3-6-18-7-4-10)16-13(17)12-8-11(14)2-5-15-12/h2,5,8-10H,3-4,6-7H2,1H3,(H2,14,15)(H,16,17). The molecule has 0 spiro atoms. The summed E-state index contributed by atoms with van der Waals surface area (Å²) in [5.74, 6) is 0.310. The van der Waals surface area contributed by atoms with Crippen molar-refractivity contribution in [3.8, 4) is 0 Å². The van der Waals surface area contributed by atoms with Gasteiger partial charge in [0.15, 0.2) is 0 Å². The van der Waals surface area contributed by atoms with Crippen LogP contribution in [-0.2, 0) is 4.74 Å². The van der Waals surface area contributed by atoms with Gasteiger partial charge in [-0.1, -0.05) is 0 Å². The highest BCUT2D eigenvalue weighted by Gasteiger charge is 2.22. The van der Waals surface area contributed by atoms with Crippen LogP contribution in [0.15, 0.2) is 18.3 Å². The Bertz CT molecular complexity index is 416. The van der Waals surface area contributed by atoms with Gasteiger partial charge in [-0.2, -0.15) is 0 Å². The molecule has 1 aliphatic heterocycles. The molecule has 1 aliphatic rings. The molecule has 0 radical (unpaired) electrons. The van der Waals surface area contributed by atoms with Crippen LogP contribution in [-0.4, -0.2) is 30.1 Å². The average molecular weight is 249 g/mol. The zero-order valence-electron chi connectivity index (χ0n) is 10.6. The average Bonchev–Trinajstić information content (AvgIpc) is 2.39. The monoisotopic (exact) mass is 249 g/mol. The molecule has 5 nitrogen and oxygen atoms in total. The van der Waals surface area contributed by atoms with Gasteiger partial charge in [0.05, 0.1) is 0 Å². The van der Waals surface area contributed by atoms with E-state index in [4.69, 9.17) is 10.5 Å². The lowest BCUT2D eigenvalue weighted by molar-refractivity contribution is 0.0537. The number of nitrogens with zero attached hydrogens (tertiary/aromatic N) is 1. The largest absolute Gasteiger partial charge is 0.399 e. The van der Waals surface area contributed by atoms with Crippen LogP contribution in [0, 0.1) is 5.92 Å². The number of nitrogens with two attached hydrogens (primary N) is 1. The van der Waals surface area contributed by atoms with Crippen molar-refractivity contribution >= 4 is 11.6 Å². The van der Waals surface area contributed by atoms with Gasteiger partial charge in [0.25, 0.3) is 5.91 Å². The van der Waals surface area contributed by atoms with Crippen molar-refractivity contribution in [3.63, 3.8) is 0 Å². The number of pyridine rings is 1. The molecule has 1 aromatic rings. The predicted octanol–water partition coefficient (Wildman–Crippen LogP) is 1.21. The zero-order valence-corrected chi connectivity index (χ0v) is 10.6. The molecule has 3 N–H and O–H groups in total. The number of anilines is 1. The minimum Gasteiger partial charge on any atom is -0.399 e. The van der Waals surface area contributed by atoms with Crippen LogP contribution in [0.3, 0.4) is 0 Å². The summed E-state index contributed by atoms with van der Waals surface area (Å²) in [5, 5.41) is 2.98. The molecule has 1 fully saturated rings. The van der Waals surface area contributed by atoms with Crippen LogP contribution in [0.1, 0.15) is 30.3 Å². The van der Waals surface area contributed by atoms with Crippen LogP contribution < -0.4 is 11.1 Å². The van der Waals surface area contributed by atoms with E-state index >= 15 is 0 Å². The van der Waals surface area contributed by atoms with Crippen LogP contribution in [0.4, 0.5) is 5.69 Å². The molecular weight excluding hydrogens is 230 g/mol. The molecule has 0 bridgehead atoms. The molecule has 0 aliphatic carbocycles. The molecule has 1 saturated heterocycles. The zero-order chi connectivity index (χ0) is 13.0. The first-order valence-electron chi connectivity index (χ1n) is 6.27. The first kappa shape index (κ1) is 12.8. The number of carbonyl (C=O) groups excluding carboxylic acids is 1. The molecule has 2 heterocycles. The second-order valence-electron chi connectivity index (χ2n) is 4.69. The van der Waals surface area contributed by atoms with Crippen LogP contribution in [0.5, 0.6) is 0 Å². The molecule has 98 valence electrons. The van der Waals surface area contributed by atoms with E-state index in [-0.39, 0.29) is 11.9 Å². The van der Waals surface area contributed by atoms with Crippen molar-refractivity contribution in [1.82, 2.24) is 10.3 Å². The molecule has 1 amide bonds. The summed E-state index contributed by atoms with van der Waals surface area (Å²) >= 11 is 0. The highest BCUT2D eigenvalue weighted by Crippen LogP contribution is 2.18. The van der Waals surface area contributed by atoms with Gasteiger partial charge >= 0.3 is 0 Å². The summed E-state index contributed by atoms with van der Waals surface area (Å²) in [6.07, 6.45) is 3.53. The molecule has 2 rings (SSSR count). The Morgan fingerprint density at radius 2 is 2.28 bits per heavy atom. The van der Waals surface area contributed by atoms with Gasteiger partial charge in [-0.3, -0.25) is 9.78 Å². The molecule has 0 saturated carbocycles. The quantitative estimate of drug-likeness (QED) is 0.844. The Balaban J connectivity index is 1.94. The minimum absolute atomic E-state index is 0.129. The highest BCUT2D eigenvalue weighted by atomic mass is 16.5. The third-order valence-corrected chi connectivity index (χ3v) is 3.35. The molecule has 1 atom stereocenters. The fourth-order valence-corrected chi connectivity index (χ4v) is 2.19. The van der Waals surface area contributed by atoms with Gasteiger partial charge in [0.1, 0.15) is 5.69 Å². The van der Waals surface area contributed by atoms with E-state index in [1.54, 1.807) is 18.3 Å². The first-order chi connectivity index (χ1) is 8.66. The molecular formula is C13H19N3O2. The normalized spacial score (nSPS) is 18.3. The van der Waals surface area contributed by atoms with E-state index in [0.29, 0.717) is 17.3 Å². The third kappa shape index (κ3) is 3.20. The Morgan fingerprint density at radius 3 is 2.94 bits per heavy atom. The first-order valence-corrected chi connectivity index (χ1v) is 6.27. The lowest BCUT2D eigenvalue weighted by Crippen LogP contribution is -2.40. The number of hydrogen-bond donors (Lipinski definition) is 2. The molecule has 1 aromatic heterocycles. The number of hydrogen-bond acceptors (Lipinski definition) is 4. The van der Waals surface area contributed by atoms with E-state index in [1.807, 2.05) is 6.92 Å². The predicted molar refractivity (Wildman–Crippen MR) is 69.1 cm³/mol. The number of nitrogens with one attached hydrogen (secondary N) is 1. The van der Waals surface area contributed by atoms with Gasteiger partial charge in [0, 0.05) is 31.1 Å². The van der Waals surface area contributed by atoms with Gasteiger partial charge in [-0.05, 0) is 37.8 Å². The molecule has 18 heavy (non-hydrogen) atoms. The SMILES string of the molecule is CC(NC(=O)c1cc(N)ccn1)C1CCOCC1. The van der Waals surface area contributed by atoms with E-state index in [2.05, 4.69) is 10.3 Å². The fraction of sp³-hybridized carbons (Fsp3) is 0.538. The van der Waals surface area contributed by atoms with Crippen molar-refractivity contribution in [2.45, 2.75) is 25.8 Å². The second kappa shape index (κ2) is 5.82. The number of aromatic nitrogens is 1. The summed E-state index contributed by atoms with van der Waals surface area (Å²) < 4.78 is 5.31. The minimum atomic E-state index is -0.165. The number of ether oxygens (including phenoxy) is 1. The highest BCUT2D eigenvalue weighted by molar-refractivity contribution is 5.93. The topological polar surface area (TPSA) is 77.2 Å². The second-order valence-corrected chi connectivity index (χ2v) is 4.69. The summed E-state index contributed by atoms with van der Waals surface area (Å²) in [6, 6.07) is 3.38. The number of carbonyl (C=O) groups is 1. The van der Waals surface area contributed by atoms with Crippen molar-refractivity contribution < 1.29 is 9.53 Å². The number of rotatable bonds is 3. The summed E-state index contributed by atoms with van der Waals surface area (Å²) in [5.41, 5.74) is 6.55. The van der Waals surface area contributed by atoms with Gasteiger partial charge < -0.3 is 15.8 Å². The maximum atomic E-state index is 12.0. The lowest BCUT2D eigenvalue weighted by Gasteiger charge is -2.28. The van der Waals surface area contributed by atoms with E-state index < -0.39 is 0 Å². The Kier molecular flexibility index (Phi) is 4.15. The van der Waals surface area contributed by atoms with Crippen molar-refractivity contribution in [1.29, 1.82) is 0 Å². The van der Waals surface area contributed by atoms with E-state index in [1.165, 1.54) is 0 Å². The van der Waals surface area contributed by atoms with Gasteiger partial charge in [-0.25, -0.2) is 0 Å². The van der Waals surface area contributed by atoms with Crippen LogP contribution >= 0.6 is 0 Å². The number of nitrogen functional groups attached to an aromatic ring is 1.